The quantitative estimate of drug-likeness (QED) is 0.871. The van der Waals surface area contributed by atoms with E-state index in [-0.39, 0.29) is 23.6 Å². The molecule has 0 aliphatic rings. The highest BCUT2D eigenvalue weighted by molar-refractivity contribution is 5.91. The molecule has 0 aromatic heterocycles. The Kier molecular flexibility index (Phi) is 4.96. The number of hydrogen-bond acceptors (Lipinski definition) is 1. The van der Waals surface area contributed by atoms with Crippen LogP contribution in [0.4, 0.5) is 10.1 Å². The van der Waals surface area contributed by atoms with Crippen molar-refractivity contribution in [2.24, 2.45) is 0 Å². The maximum absolute atomic E-state index is 13.6. The van der Waals surface area contributed by atoms with Crippen molar-refractivity contribution in [1.29, 1.82) is 0 Å². The van der Waals surface area contributed by atoms with E-state index in [9.17, 15) is 9.18 Å². The van der Waals surface area contributed by atoms with Gasteiger partial charge in [0.15, 0.2) is 0 Å². The van der Waals surface area contributed by atoms with Gasteiger partial charge in [-0.05, 0) is 35.1 Å². The van der Waals surface area contributed by atoms with Crippen molar-refractivity contribution in [2.75, 3.05) is 5.32 Å². The fraction of sp³-hybridized carbons (Fsp3) is 0.316. The van der Waals surface area contributed by atoms with Gasteiger partial charge in [-0.3, -0.25) is 4.79 Å². The van der Waals surface area contributed by atoms with Crippen LogP contribution in [0.1, 0.15) is 38.3 Å². The van der Waals surface area contributed by atoms with Gasteiger partial charge >= 0.3 is 0 Å². The van der Waals surface area contributed by atoms with Gasteiger partial charge in [0.25, 0.3) is 0 Å². The summed E-state index contributed by atoms with van der Waals surface area (Å²) in [6, 6.07) is 14.4. The lowest BCUT2D eigenvalue weighted by molar-refractivity contribution is -0.116. The van der Waals surface area contributed by atoms with Gasteiger partial charge in [0, 0.05) is 12.1 Å². The minimum absolute atomic E-state index is 0.0462. The molecule has 2 aromatic carbocycles. The Morgan fingerprint density at radius 1 is 1.05 bits per heavy atom. The molecule has 0 radical (unpaired) electrons. The number of rotatable bonds is 4. The standard InChI is InChI=1S/C19H22FNO/c1-19(2,3)15-9-5-7-11-17(15)21-18(22)13-12-14-8-4-6-10-16(14)20/h4-11H,12-13H2,1-3H3,(H,21,22). The van der Waals surface area contributed by atoms with Crippen LogP contribution in [0.25, 0.3) is 0 Å². The molecule has 0 atom stereocenters. The second-order valence-corrected chi connectivity index (χ2v) is 6.44. The smallest absolute Gasteiger partial charge is 0.224 e. The first-order valence-corrected chi connectivity index (χ1v) is 7.50. The summed E-state index contributed by atoms with van der Waals surface area (Å²) in [6.45, 7) is 6.33. The molecule has 3 heteroatoms. The van der Waals surface area contributed by atoms with Crippen LogP contribution in [-0.2, 0) is 16.6 Å². The summed E-state index contributed by atoms with van der Waals surface area (Å²) in [7, 11) is 0. The lowest BCUT2D eigenvalue weighted by atomic mass is 9.86. The molecule has 0 aliphatic heterocycles. The van der Waals surface area contributed by atoms with E-state index in [1.807, 2.05) is 24.3 Å². The Morgan fingerprint density at radius 3 is 2.36 bits per heavy atom. The molecule has 0 fully saturated rings. The summed E-state index contributed by atoms with van der Waals surface area (Å²) in [6.07, 6.45) is 0.662. The van der Waals surface area contributed by atoms with E-state index in [0.717, 1.165) is 11.3 Å². The summed E-state index contributed by atoms with van der Waals surface area (Å²) < 4.78 is 13.6. The van der Waals surface area contributed by atoms with Gasteiger partial charge in [-0.1, -0.05) is 57.2 Å². The molecule has 22 heavy (non-hydrogen) atoms. The average Bonchev–Trinajstić information content (AvgIpc) is 2.46. The molecule has 2 aromatic rings. The van der Waals surface area contributed by atoms with Crippen LogP contribution < -0.4 is 5.32 Å². The third kappa shape index (κ3) is 4.17. The summed E-state index contributed by atoms with van der Waals surface area (Å²) in [5, 5.41) is 2.95. The number of halogens is 1. The summed E-state index contributed by atoms with van der Waals surface area (Å²) in [5.74, 6) is -0.356. The fourth-order valence-corrected chi connectivity index (χ4v) is 2.41. The maximum atomic E-state index is 13.6. The van der Waals surface area contributed by atoms with Gasteiger partial charge < -0.3 is 5.32 Å². The van der Waals surface area contributed by atoms with Crippen molar-refractivity contribution in [1.82, 2.24) is 0 Å². The SMILES string of the molecule is CC(C)(C)c1ccccc1NC(=O)CCc1ccccc1F. The topological polar surface area (TPSA) is 29.1 Å². The number of benzene rings is 2. The van der Waals surface area contributed by atoms with Gasteiger partial charge in [0.2, 0.25) is 5.91 Å². The minimum Gasteiger partial charge on any atom is -0.326 e. The van der Waals surface area contributed by atoms with E-state index in [4.69, 9.17) is 0 Å². The molecule has 0 unspecified atom stereocenters. The lowest BCUT2D eigenvalue weighted by Crippen LogP contribution is -2.19. The number of carbonyl (C=O) groups excluding carboxylic acids is 1. The maximum Gasteiger partial charge on any atom is 0.224 e. The first kappa shape index (κ1) is 16.2. The van der Waals surface area contributed by atoms with Crippen molar-refractivity contribution < 1.29 is 9.18 Å². The molecule has 2 nitrogen and oxygen atoms in total. The second-order valence-electron chi connectivity index (χ2n) is 6.44. The first-order chi connectivity index (χ1) is 10.4. The Balaban J connectivity index is 2.03. The average molecular weight is 299 g/mol. The zero-order valence-electron chi connectivity index (χ0n) is 13.3. The van der Waals surface area contributed by atoms with E-state index in [1.165, 1.54) is 6.07 Å². The van der Waals surface area contributed by atoms with Crippen LogP contribution in [0.3, 0.4) is 0 Å². The van der Waals surface area contributed by atoms with Gasteiger partial charge in [0.1, 0.15) is 5.82 Å². The molecule has 1 N–H and O–H groups in total. The molecule has 116 valence electrons. The van der Waals surface area contributed by atoms with Crippen molar-refractivity contribution in [2.45, 2.75) is 39.0 Å². The lowest BCUT2D eigenvalue weighted by Gasteiger charge is -2.23. The number of carbonyl (C=O) groups is 1. The molecule has 0 heterocycles. The number of amides is 1. The Morgan fingerprint density at radius 2 is 1.68 bits per heavy atom. The Hall–Kier alpha value is -2.16. The Bertz CT molecular complexity index is 658. The third-order valence-electron chi connectivity index (χ3n) is 3.59. The summed E-state index contributed by atoms with van der Waals surface area (Å²) in [4.78, 5) is 12.1. The highest BCUT2D eigenvalue weighted by Crippen LogP contribution is 2.29. The first-order valence-electron chi connectivity index (χ1n) is 7.50. The highest BCUT2D eigenvalue weighted by atomic mass is 19.1. The zero-order valence-corrected chi connectivity index (χ0v) is 13.3. The van der Waals surface area contributed by atoms with Crippen LogP contribution in [-0.4, -0.2) is 5.91 Å². The van der Waals surface area contributed by atoms with Crippen LogP contribution in [0.2, 0.25) is 0 Å². The largest absolute Gasteiger partial charge is 0.326 e. The van der Waals surface area contributed by atoms with Crippen molar-refractivity contribution in [3.63, 3.8) is 0 Å². The number of hydrogen-bond donors (Lipinski definition) is 1. The van der Waals surface area contributed by atoms with E-state index in [2.05, 4.69) is 26.1 Å². The fourth-order valence-electron chi connectivity index (χ4n) is 2.41. The van der Waals surface area contributed by atoms with Crippen LogP contribution in [0.15, 0.2) is 48.5 Å². The van der Waals surface area contributed by atoms with Crippen molar-refractivity contribution >= 4 is 11.6 Å². The van der Waals surface area contributed by atoms with Crippen molar-refractivity contribution in [3.05, 3.63) is 65.5 Å². The minimum atomic E-state index is -0.259. The molecular formula is C19H22FNO. The van der Waals surface area contributed by atoms with E-state index in [1.54, 1.807) is 18.2 Å². The van der Waals surface area contributed by atoms with E-state index < -0.39 is 0 Å². The third-order valence-corrected chi connectivity index (χ3v) is 3.59. The molecule has 0 aliphatic carbocycles. The summed E-state index contributed by atoms with van der Waals surface area (Å²) >= 11 is 0. The molecule has 0 saturated carbocycles. The molecule has 1 amide bonds. The van der Waals surface area contributed by atoms with Gasteiger partial charge in [0.05, 0.1) is 0 Å². The summed E-state index contributed by atoms with van der Waals surface area (Å²) in [5.41, 5.74) is 2.44. The molecule has 0 bridgehead atoms. The number of aryl methyl sites for hydroxylation is 1. The molecule has 2 rings (SSSR count). The Labute approximate surface area is 131 Å². The van der Waals surface area contributed by atoms with Crippen LogP contribution >= 0.6 is 0 Å². The zero-order chi connectivity index (χ0) is 16.2. The number of nitrogens with one attached hydrogen (secondary N) is 1. The second kappa shape index (κ2) is 6.73. The monoisotopic (exact) mass is 299 g/mol. The predicted octanol–water partition coefficient (Wildman–Crippen LogP) is 4.69. The predicted molar refractivity (Wildman–Crippen MR) is 88.5 cm³/mol. The van der Waals surface area contributed by atoms with Crippen molar-refractivity contribution in [3.8, 4) is 0 Å². The van der Waals surface area contributed by atoms with E-state index >= 15 is 0 Å². The van der Waals surface area contributed by atoms with Gasteiger partial charge in [-0.2, -0.15) is 0 Å². The van der Waals surface area contributed by atoms with Crippen LogP contribution in [0.5, 0.6) is 0 Å². The molecular weight excluding hydrogens is 277 g/mol. The highest BCUT2D eigenvalue weighted by Gasteiger charge is 2.18. The molecule has 0 saturated heterocycles. The van der Waals surface area contributed by atoms with Crippen LogP contribution in [0, 0.1) is 5.82 Å². The molecule has 0 spiro atoms. The van der Waals surface area contributed by atoms with Gasteiger partial charge in [-0.25, -0.2) is 4.39 Å². The number of anilines is 1. The van der Waals surface area contributed by atoms with Gasteiger partial charge in [-0.15, -0.1) is 0 Å². The number of para-hydroxylation sites is 1. The van der Waals surface area contributed by atoms with E-state index in [0.29, 0.717) is 12.0 Å². The normalized spacial score (nSPS) is 11.3.